The minimum absolute atomic E-state index is 0.292. The molecular weight excluding hydrogens is 333 g/mol. The second-order valence-corrected chi connectivity index (χ2v) is 5.90. The molecule has 2 aromatic rings. The van der Waals surface area contributed by atoms with Crippen LogP contribution in [0.4, 0.5) is 18.9 Å². The molecule has 0 radical (unpaired) electrons. The molecule has 7 heteroatoms. The molecule has 1 aliphatic rings. The number of nitrogens with one attached hydrogen (secondary N) is 2. The summed E-state index contributed by atoms with van der Waals surface area (Å²) in [5.74, 6) is -5.52. The molecule has 0 unspecified atom stereocenters. The third-order valence-electron chi connectivity index (χ3n) is 4.23. The maximum absolute atomic E-state index is 13.5. The zero-order valence-electron chi connectivity index (χ0n) is 13.1. The fourth-order valence-corrected chi connectivity index (χ4v) is 2.68. The fraction of sp³-hybridized carbons (Fsp3) is 0.222. The Morgan fingerprint density at radius 1 is 0.960 bits per heavy atom. The van der Waals surface area contributed by atoms with Crippen LogP contribution in [-0.4, -0.2) is 18.4 Å². The zero-order valence-corrected chi connectivity index (χ0v) is 13.1. The molecule has 0 bridgehead atoms. The second kappa shape index (κ2) is 6.58. The molecule has 0 spiro atoms. The van der Waals surface area contributed by atoms with E-state index in [1.807, 2.05) is 30.3 Å². The first-order chi connectivity index (χ1) is 11.9. The van der Waals surface area contributed by atoms with Gasteiger partial charge in [-0.1, -0.05) is 30.3 Å². The van der Waals surface area contributed by atoms with Gasteiger partial charge >= 0.3 is 0 Å². The van der Waals surface area contributed by atoms with Gasteiger partial charge in [0.05, 0.1) is 17.6 Å². The number of benzene rings is 2. The Labute approximate surface area is 142 Å². The summed E-state index contributed by atoms with van der Waals surface area (Å²) >= 11 is 0. The number of hydrogen-bond donors (Lipinski definition) is 2. The van der Waals surface area contributed by atoms with E-state index in [0.717, 1.165) is 11.6 Å². The molecule has 0 aromatic heterocycles. The fourth-order valence-electron chi connectivity index (χ4n) is 2.68. The summed E-state index contributed by atoms with van der Waals surface area (Å²) in [5, 5.41) is 4.62. The molecule has 2 N–H and O–H groups in total. The van der Waals surface area contributed by atoms with Crippen molar-refractivity contribution in [3.63, 3.8) is 0 Å². The average Bonchev–Trinajstić information content (AvgIpc) is 3.43. The van der Waals surface area contributed by atoms with E-state index in [9.17, 15) is 22.8 Å². The van der Waals surface area contributed by atoms with Crippen LogP contribution in [-0.2, 0) is 15.0 Å². The third kappa shape index (κ3) is 3.35. The lowest BCUT2D eigenvalue weighted by Crippen LogP contribution is -2.39. The summed E-state index contributed by atoms with van der Waals surface area (Å²) in [4.78, 5) is 24.2. The van der Waals surface area contributed by atoms with Crippen molar-refractivity contribution in [2.75, 3.05) is 11.9 Å². The average molecular weight is 348 g/mol. The maximum Gasteiger partial charge on any atom is 0.243 e. The molecule has 130 valence electrons. The van der Waals surface area contributed by atoms with E-state index in [2.05, 4.69) is 10.6 Å². The topological polar surface area (TPSA) is 58.2 Å². The lowest BCUT2D eigenvalue weighted by Gasteiger charge is -2.15. The largest absolute Gasteiger partial charge is 0.346 e. The Bertz CT molecular complexity index is 821. The van der Waals surface area contributed by atoms with Crippen molar-refractivity contribution < 1.29 is 22.8 Å². The lowest BCUT2D eigenvalue weighted by molar-refractivity contribution is -0.126. The van der Waals surface area contributed by atoms with Crippen LogP contribution in [0, 0.1) is 17.5 Å². The highest BCUT2D eigenvalue weighted by molar-refractivity contribution is 5.97. The summed E-state index contributed by atoms with van der Waals surface area (Å²) in [6.45, 7) is -0.397. The smallest absolute Gasteiger partial charge is 0.243 e. The number of amides is 2. The predicted octanol–water partition coefficient (Wildman–Crippen LogP) is 2.89. The quantitative estimate of drug-likeness (QED) is 0.817. The molecule has 1 saturated carbocycles. The molecule has 1 aliphatic carbocycles. The van der Waals surface area contributed by atoms with Crippen LogP contribution < -0.4 is 10.6 Å². The first kappa shape index (κ1) is 17.0. The minimum Gasteiger partial charge on any atom is -0.346 e. The molecule has 0 aliphatic heterocycles. The van der Waals surface area contributed by atoms with Crippen LogP contribution in [0.15, 0.2) is 42.5 Å². The Balaban J connectivity index is 1.60. The molecule has 1 fully saturated rings. The van der Waals surface area contributed by atoms with Crippen molar-refractivity contribution >= 4 is 17.5 Å². The monoisotopic (exact) mass is 348 g/mol. The van der Waals surface area contributed by atoms with Crippen LogP contribution >= 0.6 is 0 Å². The van der Waals surface area contributed by atoms with E-state index >= 15 is 0 Å². The molecule has 2 amide bonds. The van der Waals surface area contributed by atoms with Gasteiger partial charge in [0.25, 0.3) is 0 Å². The van der Waals surface area contributed by atoms with Crippen molar-refractivity contribution in [2.45, 2.75) is 18.3 Å². The third-order valence-corrected chi connectivity index (χ3v) is 4.23. The predicted molar refractivity (Wildman–Crippen MR) is 85.3 cm³/mol. The Hall–Kier alpha value is -2.83. The van der Waals surface area contributed by atoms with E-state index in [0.29, 0.717) is 18.9 Å². The van der Waals surface area contributed by atoms with E-state index in [-0.39, 0.29) is 5.91 Å². The van der Waals surface area contributed by atoms with Gasteiger partial charge in [0.15, 0.2) is 17.5 Å². The van der Waals surface area contributed by atoms with Gasteiger partial charge in [-0.3, -0.25) is 9.59 Å². The minimum atomic E-state index is -1.66. The van der Waals surface area contributed by atoms with E-state index in [4.69, 9.17) is 0 Å². The maximum atomic E-state index is 13.5. The molecule has 0 saturated heterocycles. The standard InChI is InChI=1S/C18H15F3N2O2/c19-12-6-7-13(16(21)15(12)20)23-14(24)10-22-17(25)18(8-9-18)11-4-2-1-3-5-11/h1-7H,8-10H2,(H,22,25)(H,23,24). The summed E-state index contributed by atoms with van der Waals surface area (Å²) in [6.07, 6.45) is 1.37. The molecule has 2 aromatic carbocycles. The number of halogens is 3. The van der Waals surface area contributed by atoms with Crippen molar-refractivity contribution in [3.8, 4) is 0 Å². The number of carbonyl (C=O) groups excluding carboxylic acids is 2. The Kier molecular flexibility index (Phi) is 4.48. The SMILES string of the molecule is O=C(CNC(=O)C1(c2ccccc2)CC1)Nc1ccc(F)c(F)c1F. The van der Waals surface area contributed by atoms with Crippen LogP contribution in [0.5, 0.6) is 0 Å². The Morgan fingerprint density at radius 3 is 2.28 bits per heavy atom. The normalized spacial score (nSPS) is 14.7. The van der Waals surface area contributed by atoms with Crippen LogP contribution in [0.1, 0.15) is 18.4 Å². The molecule has 4 nitrogen and oxygen atoms in total. The van der Waals surface area contributed by atoms with Crippen LogP contribution in [0.3, 0.4) is 0 Å². The van der Waals surface area contributed by atoms with Gasteiger partial charge in [-0.15, -0.1) is 0 Å². The van der Waals surface area contributed by atoms with Gasteiger partial charge < -0.3 is 10.6 Å². The van der Waals surface area contributed by atoms with Crippen LogP contribution in [0.2, 0.25) is 0 Å². The highest BCUT2D eigenvalue weighted by Crippen LogP contribution is 2.48. The van der Waals surface area contributed by atoms with Gasteiger partial charge in [-0.05, 0) is 30.5 Å². The lowest BCUT2D eigenvalue weighted by atomic mass is 9.95. The second-order valence-electron chi connectivity index (χ2n) is 5.90. The number of anilines is 1. The van der Waals surface area contributed by atoms with Crippen molar-refractivity contribution in [1.29, 1.82) is 0 Å². The van der Waals surface area contributed by atoms with Gasteiger partial charge in [0.1, 0.15) is 0 Å². The van der Waals surface area contributed by atoms with Crippen molar-refractivity contribution in [2.24, 2.45) is 0 Å². The molecule has 0 atom stereocenters. The Morgan fingerprint density at radius 2 is 1.64 bits per heavy atom. The molecule has 0 heterocycles. The zero-order chi connectivity index (χ0) is 18.0. The summed E-state index contributed by atoms with van der Waals surface area (Å²) < 4.78 is 39.5. The van der Waals surface area contributed by atoms with Crippen molar-refractivity contribution in [1.82, 2.24) is 5.32 Å². The van der Waals surface area contributed by atoms with E-state index in [1.165, 1.54) is 0 Å². The van der Waals surface area contributed by atoms with E-state index < -0.39 is 41.0 Å². The number of rotatable bonds is 5. The molecule has 3 rings (SSSR count). The van der Waals surface area contributed by atoms with Gasteiger partial charge in [0, 0.05) is 0 Å². The number of carbonyl (C=O) groups is 2. The van der Waals surface area contributed by atoms with Gasteiger partial charge in [-0.25, -0.2) is 13.2 Å². The van der Waals surface area contributed by atoms with Gasteiger partial charge in [-0.2, -0.15) is 0 Å². The van der Waals surface area contributed by atoms with Crippen molar-refractivity contribution in [3.05, 3.63) is 65.5 Å². The first-order valence-electron chi connectivity index (χ1n) is 7.71. The highest BCUT2D eigenvalue weighted by Gasteiger charge is 2.51. The first-order valence-corrected chi connectivity index (χ1v) is 7.71. The summed E-state index contributed by atoms with van der Waals surface area (Å²) in [5.41, 5.74) is -0.240. The molecular formula is C18H15F3N2O2. The highest BCUT2D eigenvalue weighted by atomic mass is 19.2. The van der Waals surface area contributed by atoms with E-state index in [1.54, 1.807) is 0 Å². The van der Waals surface area contributed by atoms with Gasteiger partial charge in [0.2, 0.25) is 11.8 Å². The summed E-state index contributed by atoms with van der Waals surface area (Å²) in [7, 11) is 0. The molecule has 25 heavy (non-hydrogen) atoms. The number of hydrogen-bond acceptors (Lipinski definition) is 2. The summed E-state index contributed by atoms with van der Waals surface area (Å²) in [6, 6.07) is 10.8. The van der Waals surface area contributed by atoms with Crippen LogP contribution in [0.25, 0.3) is 0 Å².